The number of imidazole rings is 1. The second-order valence-corrected chi connectivity index (χ2v) is 5.80. The lowest BCUT2D eigenvalue weighted by Gasteiger charge is -2.10. The van der Waals surface area contributed by atoms with E-state index in [1.165, 1.54) is 0 Å². The van der Waals surface area contributed by atoms with Gasteiger partial charge in [-0.2, -0.15) is 0 Å². The van der Waals surface area contributed by atoms with Crippen molar-refractivity contribution in [2.45, 2.75) is 26.3 Å². The zero-order valence-electron chi connectivity index (χ0n) is 14.2. The number of urea groups is 1. The van der Waals surface area contributed by atoms with E-state index in [9.17, 15) is 9.59 Å². The number of nitrogens with zero attached hydrogens (tertiary/aromatic N) is 2. The maximum atomic E-state index is 11.9. The van der Waals surface area contributed by atoms with Crippen molar-refractivity contribution in [2.75, 3.05) is 11.9 Å². The van der Waals surface area contributed by atoms with Crippen molar-refractivity contribution in [3.8, 4) is 11.4 Å². The molecule has 0 saturated heterocycles. The minimum atomic E-state index is -0.343. The summed E-state index contributed by atoms with van der Waals surface area (Å²) in [5.41, 5.74) is 1.58. The predicted octanol–water partition coefficient (Wildman–Crippen LogP) is 2.12. The average molecular weight is 329 g/mol. The maximum Gasteiger partial charge on any atom is 0.319 e. The fourth-order valence-corrected chi connectivity index (χ4v) is 2.24. The molecule has 0 saturated carbocycles. The second-order valence-electron chi connectivity index (χ2n) is 5.80. The Morgan fingerprint density at radius 1 is 1.29 bits per heavy atom. The number of carbonyl (C=O) groups is 2. The summed E-state index contributed by atoms with van der Waals surface area (Å²) in [7, 11) is 1.91. The number of rotatable bonds is 6. The third-order valence-electron chi connectivity index (χ3n) is 3.29. The van der Waals surface area contributed by atoms with Crippen LogP contribution in [0.2, 0.25) is 0 Å². The van der Waals surface area contributed by atoms with Crippen molar-refractivity contribution < 1.29 is 9.59 Å². The molecule has 3 N–H and O–H groups in total. The van der Waals surface area contributed by atoms with Crippen molar-refractivity contribution >= 4 is 17.6 Å². The highest BCUT2D eigenvalue weighted by Gasteiger charge is 2.07. The van der Waals surface area contributed by atoms with E-state index in [4.69, 9.17) is 0 Å². The Labute approximate surface area is 141 Å². The first-order chi connectivity index (χ1) is 11.5. The molecule has 2 rings (SSSR count). The second kappa shape index (κ2) is 8.14. The van der Waals surface area contributed by atoms with Crippen LogP contribution in [0.4, 0.5) is 10.5 Å². The van der Waals surface area contributed by atoms with E-state index in [1.54, 1.807) is 12.3 Å². The molecular weight excluding hydrogens is 306 g/mol. The molecule has 0 atom stereocenters. The van der Waals surface area contributed by atoms with Gasteiger partial charge in [0.2, 0.25) is 5.91 Å². The third-order valence-corrected chi connectivity index (χ3v) is 3.29. The van der Waals surface area contributed by atoms with Crippen LogP contribution in [0.1, 0.15) is 20.3 Å². The summed E-state index contributed by atoms with van der Waals surface area (Å²) in [6, 6.07) is 7.20. The molecule has 1 aromatic carbocycles. The van der Waals surface area contributed by atoms with E-state index in [-0.39, 0.29) is 30.9 Å². The lowest BCUT2D eigenvalue weighted by atomic mass is 10.2. The number of aryl methyl sites for hydroxylation is 1. The zero-order chi connectivity index (χ0) is 17.5. The van der Waals surface area contributed by atoms with E-state index in [0.29, 0.717) is 5.69 Å². The van der Waals surface area contributed by atoms with Crippen molar-refractivity contribution in [1.82, 2.24) is 20.2 Å². The van der Waals surface area contributed by atoms with Crippen molar-refractivity contribution in [3.05, 3.63) is 36.7 Å². The lowest BCUT2D eigenvalue weighted by Crippen LogP contribution is -2.35. The van der Waals surface area contributed by atoms with Gasteiger partial charge in [-0.3, -0.25) is 4.79 Å². The van der Waals surface area contributed by atoms with Crippen LogP contribution < -0.4 is 16.0 Å². The summed E-state index contributed by atoms with van der Waals surface area (Å²) in [5.74, 6) is 0.742. The predicted molar refractivity (Wildman–Crippen MR) is 93.6 cm³/mol. The molecule has 0 aliphatic carbocycles. The van der Waals surface area contributed by atoms with Crippen LogP contribution in [0.5, 0.6) is 0 Å². The fourth-order valence-electron chi connectivity index (χ4n) is 2.24. The van der Waals surface area contributed by atoms with Gasteiger partial charge in [-0.1, -0.05) is 12.1 Å². The number of hydrogen-bond donors (Lipinski definition) is 3. The summed E-state index contributed by atoms with van der Waals surface area (Å²) < 4.78 is 1.91. The van der Waals surface area contributed by atoms with E-state index in [0.717, 1.165) is 11.4 Å². The molecule has 2 aromatic rings. The summed E-state index contributed by atoms with van der Waals surface area (Å²) in [5, 5.41) is 8.20. The molecule has 24 heavy (non-hydrogen) atoms. The Balaban J connectivity index is 1.86. The Kier molecular flexibility index (Phi) is 5.95. The first-order valence-corrected chi connectivity index (χ1v) is 7.87. The van der Waals surface area contributed by atoms with Crippen LogP contribution in [0.25, 0.3) is 11.4 Å². The molecule has 7 nitrogen and oxygen atoms in total. The van der Waals surface area contributed by atoms with Gasteiger partial charge in [-0.25, -0.2) is 9.78 Å². The molecule has 3 amide bonds. The molecular formula is C17H23N5O2. The van der Waals surface area contributed by atoms with E-state index < -0.39 is 0 Å². The van der Waals surface area contributed by atoms with Crippen molar-refractivity contribution in [3.63, 3.8) is 0 Å². The molecule has 1 heterocycles. The Morgan fingerprint density at radius 3 is 2.75 bits per heavy atom. The van der Waals surface area contributed by atoms with Crippen LogP contribution >= 0.6 is 0 Å². The number of benzene rings is 1. The first-order valence-electron chi connectivity index (χ1n) is 7.87. The summed E-state index contributed by atoms with van der Waals surface area (Å²) in [6.45, 7) is 4.07. The highest BCUT2D eigenvalue weighted by atomic mass is 16.2. The Bertz CT molecular complexity index is 709. The maximum absolute atomic E-state index is 11.9. The molecule has 128 valence electrons. The van der Waals surface area contributed by atoms with E-state index in [2.05, 4.69) is 20.9 Å². The van der Waals surface area contributed by atoms with Gasteiger partial charge in [0.05, 0.1) is 0 Å². The SMILES string of the molecule is CC(C)NC(=O)CCNC(=O)Nc1cccc(-c2nccn2C)c1. The van der Waals surface area contributed by atoms with Crippen LogP contribution in [-0.4, -0.2) is 34.1 Å². The average Bonchev–Trinajstić information content (AvgIpc) is 2.93. The van der Waals surface area contributed by atoms with Crippen LogP contribution in [0.3, 0.4) is 0 Å². The van der Waals surface area contributed by atoms with E-state index in [1.807, 2.05) is 49.9 Å². The van der Waals surface area contributed by atoms with Crippen LogP contribution in [-0.2, 0) is 11.8 Å². The fraction of sp³-hybridized carbons (Fsp3) is 0.353. The smallest absolute Gasteiger partial charge is 0.319 e. The lowest BCUT2D eigenvalue weighted by molar-refractivity contribution is -0.121. The number of amides is 3. The van der Waals surface area contributed by atoms with Gasteiger partial charge in [0, 0.05) is 49.7 Å². The van der Waals surface area contributed by atoms with Gasteiger partial charge in [-0.15, -0.1) is 0 Å². The standard InChI is InChI=1S/C17H23N5O2/c1-12(2)20-15(23)7-8-19-17(24)21-14-6-4-5-13(11-14)16-18-9-10-22(16)3/h4-6,9-12H,7-8H2,1-3H3,(H,20,23)(H2,19,21,24). The molecule has 0 fully saturated rings. The minimum absolute atomic E-state index is 0.0814. The molecule has 0 spiro atoms. The first kappa shape index (κ1) is 17.5. The molecule has 0 bridgehead atoms. The molecule has 0 radical (unpaired) electrons. The topological polar surface area (TPSA) is 88.1 Å². The number of hydrogen-bond acceptors (Lipinski definition) is 3. The van der Waals surface area contributed by atoms with Gasteiger partial charge in [-0.05, 0) is 26.0 Å². The Hall–Kier alpha value is -2.83. The third kappa shape index (κ3) is 5.12. The molecule has 0 aliphatic rings. The monoisotopic (exact) mass is 329 g/mol. The number of nitrogens with one attached hydrogen (secondary N) is 3. The molecule has 7 heteroatoms. The molecule has 1 aromatic heterocycles. The van der Waals surface area contributed by atoms with E-state index >= 15 is 0 Å². The summed E-state index contributed by atoms with van der Waals surface area (Å²) in [4.78, 5) is 27.7. The Morgan fingerprint density at radius 2 is 2.08 bits per heavy atom. The number of carbonyl (C=O) groups excluding carboxylic acids is 2. The van der Waals surface area contributed by atoms with Crippen molar-refractivity contribution in [1.29, 1.82) is 0 Å². The normalized spacial score (nSPS) is 10.5. The van der Waals surface area contributed by atoms with Gasteiger partial charge in [0.1, 0.15) is 5.82 Å². The van der Waals surface area contributed by atoms with Crippen molar-refractivity contribution in [2.24, 2.45) is 7.05 Å². The zero-order valence-corrected chi connectivity index (χ0v) is 14.2. The highest BCUT2D eigenvalue weighted by molar-refractivity contribution is 5.90. The number of aromatic nitrogens is 2. The highest BCUT2D eigenvalue weighted by Crippen LogP contribution is 2.20. The quantitative estimate of drug-likeness (QED) is 0.758. The summed E-state index contributed by atoms with van der Waals surface area (Å²) in [6.07, 6.45) is 3.84. The van der Waals surface area contributed by atoms with Gasteiger partial charge in [0.15, 0.2) is 0 Å². The minimum Gasteiger partial charge on any atom is -0.354 e. The molecule has 0 aliphatic heterocycles. The van der Waals surface area contributed by atoms with Gasteiger partial charge < -0.3 is 20.5 Å². The van der Waals surface area contributed by atoms with Gasteiger partial charge >= 0.3 is 6.03 Å². The van der Waals surface area contributed by atoms with Gasteiger partial charge in [0.25, 0.3) is 0 Å². The largest absolute Gasteiger partial charge is 0.354 e. The number of anilines is 1. The molecule has 0 unspecified atom stereocenters. The van der Waals surface area contributed by atoms with Crippen LogP contribution in [0, 0.1) is 0 Å². The van der Waals surface area contributed by atoms with Crippen LogP contribution in [0.15, 0.2) is 36.7 Å². The summed E-state index contributed by atoms with van der Waals surface area (Å²) >= 11 is 0.